The number of aliphatic hydroxyl groups excluding tert-OH is 1. The van der Waals surface area contributed by atoms with Gasteiger partial charge in [-0.05, 0) is 29.8 Å². The SMILES string of the molecule is COc1cc(-n2ccnc(SCc3ccc(Cl)cc3)c2=O)ccc1OCCO. The summed E-state index contributed by atoms with van der Waals surface area (Å²) in [6.07, 6.45) is 3.20. The molecule has 0 amide bonds. The molecule has 0 saturated heterocycles. The summed E-state index contributed by atoms with van der Waals surface area (Å²) in [4.78, 5) is 17.1. The van der Waals surface area contributed by atoms with Gasteiger partial charge in [0.1, 0.15) is 6.61 Å². The lowest BCUT2D eigenvalue weighted by atomic mass is 10.2. The zero-order valence-electron chi connectivity index (χ0n) is 15.2. The van der Waals surface area contributed by atoms with E-state index < -0.39 is 0 Å². The van der Waals surface area contributed by atoms with Crippen molar-refractivity contribution in [1.29, 1.82) is 0 Å². The number of ether oxygens (including phenoxy) is 2. The third-order valence-electron chi connectivity index (χ3n) is 3.87. The quantitative estimate of drug-likeness (QED) is 0.564. The summed E-state index contributed by atoms with van der Waals surface area (Å²) >= 11 is 7.27. The highest BCUT2D eigenvalue weighted by Crippen LogP contribution is 2.29. The molecular formula is C20H19ClN2O4S. The molecule has 146 valence electrons. The van der Waals surface area contributed by atoms with Crippen LogP contribution < -0.4 is 15.0 Å². The fraction of sp³-hybridized carbons (Fsp3) is 0.200. The molecule has 1 N–H and O–H groups in total. The van der Waals surface area contributed by atoms with Crippen molar-refractivity contribution in [2.45, 2.75) is 10.8 Å². The second-order valence-corrected chi connectivity index (χ2v) is 7.13. The molecule has 28 heavy (non-hydrogen) atoms. The fourth-order valence-corrected chi connectivity index (χ4v) is 3.49. The summed E-state index contributed by atoms with van der Waals surface area (Å²) in [7, 11) is 1.52. The van der Waals surface area contributed by atoms with Gasteiger partial charge in [0, 0.05) is 29.2 Å². The number of aliphatic hydroxyl groups is 1. The molecule has 0 aliphatic heterocycles. The Kier molecular flexibility index (Phi) is 6.97. The number of methoxy groups -OCH3 is 1. The molecule has 3 aromatic rings. The predicted octanol–water partition coefficient (Wildman–Crippen LogP) is 3.56. The van der Waals surface area contributed by atoms with Crippen LogP contribution in [0, 0.1) is 0 Å². The fourth-order valence-electron chi connectivity index (χ4n) is 2.51. The Morgan fingerprint density at radius 3 is 2.68 bits per heavy atom. The Bertz CT molecular complexity index is 992. The van der Waals surface area contributed by atoms with Crippen LogP contribution in [0.2, 0.25) is 5.02 Å². The van der Waals surface area contributed by atoms with Crippen molar-refractivity contribution in [1.82, 2.24) is 9.55 Å². The first kappa shape index (κ1) is 20.3. The molecule has 0 radical (unpaired) electrons. The number of rotatable bonds is 8. The van der Waals surface area contributed by atoms with Gasteiger partial charge in [-0.1, -0.05) is 35.5 Å². The van der Waals surface area contributed by atoms with Crippen LogP contribution in [0.25, 0.3) is 5.69 Å². The summed E-state index contributed by atoms with van der Waals surface area (Å²) in [6.45, 7) is 0.0688. The van der Waals surface area contributed by atoms with Crippen LogP contribution in [-0.4, -0.2) is 35.0 Å². The minimum Gasteiger partial charge on any atom is -0.493 e. The summed E-state index contributed by atoms with van der Waals surface area (Å²) in [5.41, 5.74) is 1.47. The van der Waals surface area contributed by atoms with E-state index in [1.165, 1.54) is 23.4 Å². The summed E-state index contributed by atoms with van der Waals surface area (Å²) in [6, 6.07) is 12.7. The number of thioether (sulfide) groups is 1. The standard InChI is InChI=1S/C20H19ClN2O4S/c1-26-18-12-16(6-7-17(18)27-11-10-24)23-9-8-22-19(20(23)25)28-13-14-2-4-15(21)5-3-14/h2-9,12,24H,10-11,13H2,1H3. The van der Waals surface area contributed by atoms with Gasteiger partial charge in [0.15, 0.2) is 16.5 Å². The Morgan fingerprint density at radius 1 is 1.18 bits per heavy atom. The van der Waals surface area contributed by atoms with Gasteiger partial charge >= 0.3 is 0 Å². The van der Waals surface area contributed by atoms with E-state index in [1.54, 1.807) is 30.6 Å². The van der Waals surface area contributed by atoms with E-state index in [1.807, 2.05) is 24.3 Å². The number of hydrogen-bond donors (Lipinski definition) is 1. The lowest BCUT2D eigenvalue weighted by Gasteiger charge is -2.13. The highest BCUT2D eigenvalue weighted by atomic mass is 35.5. The Morgan fingerprint density at radius 2 is 1.96 bits per heavy atom. The summed E-state index contributed by atoms with van der Waals surface area (Å²) in [5, 5.41) is 9.99. The average Bonchev–Trinajstić information content (AvgIpc) is 2.72. The van der Waals surface area contributed by atoms with Crippen LogP contribution in [-0.2, 0) is 5.75 Å². The number of halogens is 1. The molecule has 0 fully saturated rings. The van der Waals surface area contributed by atoms with Crippen LogP contribution >= 0.6 is 23.4 Å². The first-order valence-corrected chi connectivity index (χ1v) is 9.85. The zero-order chi connectivity index (χ0) is 19.9. The second kappa shape index (κ2) is 9.64. The predicted molar refractivity (Wildman–Crippen MR) is 110 cm³/mol. The Labute approximate surface area is 171 Å². The maximum atomic E-state index is 12.9. The molecule has 0 unspecified atom stereocenters. The molecule has 3 rings (SSSR count). The third-order valence-corrected chi connectivity index (χ3v) is 5.16. The summed E-state index contributed by atoms with van der Waals surface area (Å²) in [5.74, 6) is 1.59. The van der Waals surface area contributed by atoms with Gasteiger partial charge in [0.05, 0.1) is 19.4 Å². The van der Waals surface area contributed by atoms with Gasteiger partial charge in [0.25, 0.3) is 5.56 Å². The third kappa shape index (κ3) is 4.86. The Hall–Kier alpha value is -2.48. The van der Waals surface area contributed by atoms with Crippen molar-refractivity contribution in [2.24, 2.45) is 0 Å². The van der Waals surface area contributed by atoms with Gasteiger partial charge in [-0.2, -0.15) is 0 Å². The van der Waals surface area contributed by atoms with Crippen molar-refractivity contribution in [3.8, 4) is 17.2 Å². The van der Waals surface area contributed by atoms with Crippen LogP contribution in [0.5, 0.6) is 11.5 Å². The molecule has 0 spiro atoms. The van der Waals surface area contributed by atoms with Crippen molar-refractivity contribution in [2.75, 3.05) is 20.3 Å². The summed E-state index contributed by atoms with van der Waals surface area (Å²) < 4.78 is 12.3. The average molecular weight is 419 g/mol. The number of aromatic nitrogens is 2. The zero-order valence-corrected chi connectivity index (χ0v) is 16.7. The highest BCUT2D eigenvalue weighted by molar-refractivity contribution is 7.98. The van der Waals surface area contributed by atoms with Crippen molar-refractivity contribution >= 4 is 23.4 Å². The van der Waals surface area contributed by atoms with Gasteiger partial charge in [-0.3, -0.25) is 9.36 Å². The number of nitrogens with zero attached hydrogens (tertiary/aromatic N) is 2. The largest absolute Gasteiger partial charge is 0.493 e. The van der Waals surface area contributed by atoms with Gasteiger partial charge in [-0.25, -0.2) is 4.98 Å². The van der Waals surface area contributed by atoms with Gasteiger partial charge in [-0.15, -0.1) is 0 Å². The molecule has 0 bridgehead atoms. The molecule has 1 heterocycles. The van der Waals surface area contributed by atoms with Gasteiger partial charge in [0.2, 0.25) is 0 Å². The molecule has 0 aliphatic carbocycles. The molecule has 1 aromatic heterocycles. The minimum atomic E-state index is -0.215. The van der Waals surface area contributed by atoms with Gasteiger partial charge < -0.3 is 14.6 Å². The van der Waals surface area contributed by atoms with Crippen LogP contribution in [0.3, 0.4) is 0 Å². The molecular weight excluding hydrogens is 400 g/mol. The second-order valence-electron chi connectivity index (χ2n) is 5.73. The van der Waals surface area contributed by atoms with Crippen molar-refractivity contribution in [3.05, 3.63) is 75.8 Å². The number of hydrogen-bond acceptors (Lipinski definition) is 6. The monoisotopic (exact) mass is 418 g/mol. The van der Waals surface area contributed by atoms with E-state index in [2.05, 4.69) is 4.98 Å². The van der Waals surface area contributed by atoms with Crippen molar-refractivity contribution in [3.63, 3.8) is 0 Å². The molecule has 0 aliphatic rings. The van der Waals surface area contributed by atoms with Crippen molar-refractivity contribution < 1.29 is 14.6 Å². The molecule has 8 heteroatoms. The number of benzene rings is 2. The van der Waals surface area contributed by atoms with E-state index in [9.17, 15) is 4.79 Å². The minimum absolute atomic E-state index is 0.0943. The first-order valence-electron chi connectivity index (χ1n) is 8.49. The maximum Gasteiger partial charge on any atom is 0.287 e. The van der Waals surface area contributed by atoms with Crippen LogP contribution in [0.4, 0.5) is 0 Å². The topological polar surface area (TPSA) is 73.6 Å². The first-order chi connectivity index (χ1) is 13.6. The smallest absolute Gasteiger partial charge is 0.287 e. The highest BCUT2D eigenvalue weighted by Gasteiger charge is 2.11. The molecule has 6 nitrogen and oxygen atoms in total. The van der Waals surface area contributed by atoms with E-state index >= 15 is 0 Å². The van der Waals surface area contributed by atoms with E-state index in [0.717, 1.165) is 5.56 Å². The molecule has 0 atom stereocenters. The molecule has 0 saturated carbocycles. The Balaban J connectivity index is 1.84. The maximum absolute atomic E-state index is 12.9. The van der Waals surface area contributed by atoms with E-state index in [-0.39, 0.29) is 18.8 Å². The normalized spacial score (nSPS) is 10.7. The molecule has 2 aromatic carbocycles. The lowest BCUT2D eigenvalue weighted by Crippen LogP contribution is -2.20. The van der Waals surface area contributed by atoms with Crippen LogP contribution in [0.15, 0.2) is 64.7 Å². The van der Waals surface area contributed by atoms with E-state index in [4.69, 9.17) is 26.2 Å². The lowest BCUT2D eigenvalue weighted by molar-refractivity contribution is 0.196. The van der Waals surface area contributed by atoms with Crippen LogP contribution in [0.1, 0.15) is 5.56 Å². The van der Waals surface area contributed by atoms with E-state index in [0.29, 0.717) is 33.0 Å².